The highest BCUT2D eigenvalue weighted by Crippen LogP contribution is 2.31. The van der Waals surface area contributed by atoms with Crippen LogP contribution in [0.4, 0.5) is 13.2 Å². The van der Waals surface area contributed by atoms with Crippen LogP contribution in [0.15, 0.2) is 29.2 Å². The van der Waals surface area contributed by atoms with E-state index in [2.05, 4.69) is 5.32 Å². The lowest BCUT2D eigenvalue weighted by Crippen LogP contribution is -3.16. The summed E-state index contributed by atoms with van der Waals surface area (Å²) in [5, 5.41) is 2.93. The molecule has 1 aliphatic heterocycles. The number of benzene rings is 1. The predicted molar refractivity (Wildman–Crippen MR) is 102 cm³/mol. The molecule has 1 aromatic carbocycles. The van der Waals surface area contributed by atoms with E-state index in [1.165, 1.54) is 6.07 Å². The number of halogens is 3. The summed E-state index contributed by atoms with van der Waals surface area (Å²) >= 11 is 1.11. The predicted octanol–water partition coefficient (Wildman–Crippen LogP) is 1.44. The Kier molecular flexibility index (Phi) is 7.39. The second-order valence-electron chi connectivity index (χ2n) is 7.92. The first-order chi connectivity index (χ1) is 12.9. The fraction of sp³-hybridized carbons (Fsp3) is 0.579. The fourth-order valence-corrected chi connectivity index (χ4v) is 3.80. The molecule has 0 radical (unpaired) electrons. The first kappa shape index (κ1) is 22.5. The lowest BCUT2D eigenvalue weighted by atomic mass is 10.1. The maximum absolute atomic E-state index is 12.8. The maximum Gasteiger partial charge on any atom is 0.416 e. The number of thioether (sulfide) groups is 1. The molecule has 2 amide bonds. The van der Waals surface area contributed by atoms with Gasteiger partial charge in [0, 0.05) is 10.4 Å². The van der Waals surface area contributed by atoms with Gasteiger partial charge in [-0.3, -0.25) is 9.59 Å². The highest BCUT2D eigenvalue weighted by molar-refractivity contribution is 8.00. The van der Waals surface area contributed by atoms with Crippen LogP contribution in [0.25, 0.3) is 0 Å². The molecule has 2 rings (SSSR count). The monoisotopic (exact) mass is 418 g/mol. The van der Waals surface area contributed by atoms with Crippen LogP contribution >= 0.6 is 11.8 Å². The fourth-order valence-electron chi connectivity index (χ4n) is 2.94. The number of nitrogens with one attached hydrogen (secondary N) is 2. The number of amides is 2. The van der Waals surface area contributed by atoms with Gasteiger partial charge in [0.1, 0.15) is 0 Å². The Morgan fingerprint density at radius 1 is 1.18 bits per heavy atom. The third kappa shape index (κ3) is 7.35. The van der Waals surface area contributed by atoms with E-state index in [1.54, 1.807) is 11.0 Å². The van der Waals surface area contributed by atoms with Crippen molar-refractivity contribution in [3.63, 3.8) is 0 Å². The van der Waals surface area contributed by atoms with E-state index < -0.39 is 11.7 Å². The first-order valence-electron chi connectivity index (χ1n) is 9.16. The van der Waals surface area contributed by atoms with Crippen molar-refractivity contribution in [2.75, 3.05) is 38.5 Å². The van der Waals surface area contributed by atoms with Gasteiger partial charge in [0.15, 0.2) is 6.54 Å². The van der Waals surface area contributed by atoms with Gasteiger partial charge >= 0.3 is 6.18 Å². The van der Waals surface area contributed by atoms with Gasteiger partial charge < -0.3 is 15.1 Å². The highest BCUT2D eigenvalue weighted by atomic mass is 32.2. The van der Waals surface area contributed by atoms with Crippen molar-refractivity contribution in [2.24, 2.45) is 0 Å². The Hall–Kier alpha value is -1.74. The van der Waals surface area contributed by atoms with Gasteiger partial charge in [-0.1, -0.05) is 6.07 Å². The molecule has 5 nitrogen and oxygen atoms in total. The van der Waals surface area contributed by atoms with E-state index in [9.17, 15) is 22.8 Å². The summed E-state index contributed by atoms with van der Waals surface area (Å²) in [4.78, 5) is 27.6. The molecular formula is C19H27F3N3O2S+. The number of alkyl halides is 3. The van der Waals surface area contributed by atoms with Crippen LogP contribution in [0.1, 0.15) is 26.3 Å². The zero-order valence-corrected chi connectivity index (χ0v) is 17.2. The summed E-state index contributed by atoms with van der Waals surface area (Å²) in [5.74, 6) is -0.00998. The van der Waals surface area contributed by atoms with Gasteiger partial charge in [0.05, 0.1) is 37.5 Å². The Morgan fingerprint density at radius 2 is 1.82 bits per heavy atom. The Morgan fingerprint density at radius 3 is 2.39 bits per heavy atom. The highest BCUT2D eigenvalue weighted by Gasteiger charge is 2.30. The molecule has 28 heavy (non-hydrogen) atoms. The number of nitrogens with zero attached hydrogens (tertiary/aromatic N) is 1. The van der Waals surface area contributed by atoms with E-state index in [1.807, 2.05) is 20.8 Å². The third-order valence-electron chi connectivity index (χ3n) is 4.27. The van der Waals surface area contributed by atoms with E-state index in [0.717, 1.165) is 28.8 Å². The molecule has 0 atom stereocenters. The molecule has 0 aromatic heterocycles. The third-order valence-corrected chi connectivity index (χ3v) is 5.25. The van der Waals surface area contributed by atoms with Crippen LogP contribution in [0.5, 0.6) is 0 Å². The molecule has 0 bridgehead atoms. The second-order valence-corrected chi connectivity index (χ2v) is 8.97. The van der Waals surface area contributed by atoms with Crippen LogP contribution in [-0.2, 0) is 15.8 Å². The number of piperazine rings is 1. The summed E-state index contributed by atoms with van der Waals surface area (Å²) < 4.78 is 38.3. The maximum atomic E-state index is 12.8. The second kappa shape index (κ2) is 9.17. The minimum Gasteiger partial charge on any atom is -0.347 e. The van der Waals surface area contributed by atoms with E-state index in [4.69, 9.17) is 0 Å². The topological polar surface area (TPSA) is 53.9 Å². The first-order valence-corrected chi connectivity index (χ1v) is 10.1. The van der Waals surface area contributed by atoms with Crippen LogP contribution in [-0.4, -0.2) is 60.7 Å². The molecule has 1 aromatic rings. The molecule has 9 heteroatoms. The molecule has 0 saturated carbocycles. The molecule has 0 spiro atoms. The minimum atomic E-state index is -4.39. The Balaban J connectivity index is 1.77. The molecule has 0 unspecified atom stereocenters. The van der Waals surface area contributed by atoms with Gasteiger partial charge in [0.2, 0.25) is 5.91 Å². The van der Waals surface area contributed by atoms with Crippen molar-refractivity contribution in [2.45, 2.75) is 37.4 Å². The summed E-state index contributed by atoms with van der Waals surface area (Å²) in [7, 11) is 0. The van der Waals surface area contributed by atoms with Gasteiger partial charge in [0.25, 0.3) is 5.91 Å². The number of hydrogen-bond acceptors (Lipinski definition) is 3. The van der Waals surface area contributed by atoms with Crippen LogP contribution in [0.2, 0.25) is 0 Å². The minimum absolute atomic E-state index is 0.0117. The number of hydrogen-bond donors (Lipinski definition) is 2. The largest absolute Gasteiger partial charge is 0.416 e. The SMILES string of the molecule is CC(C)(C)NC(=O)C[NH+]1CCN(C(=O)CSc2cccc(C(F)(F)F)c2)CC1. The van der Waals surface area contributed by atoms with Gasteiger partial charge in [-0.2, -0.15) is 13.2 Å². The van der Waals surface area contributed by atoms with E-state index >= 15 is 0 Å². The summed E-state index contributed by atoms with van der Waals surface area (Å²) in [6.07, 6.45) is -4.39. The van der Waals surface area contributed by atoms with Gasteiger partial charge in [-0.25, -0.2) is 0 Å². The summed E-state index contributed by atoms with van der Waals surface area (Å²) in [5.41, 5.74) is -0.981. The number of quaternary nitrogens is 1. The zero-order valence-electron chi connectivity index (χ0n) is 16.4. The molecule has 1 saturated heterocycles. The van der Waals surface area contributed by atoms with Gasteiger partial charge in [-0.15, -0.1) is 11.8 Å². The molecular weight excluding hydrogens is 391 g/mol. The van der Waals surface area contributed by atoms with Crippen LogP contribution in [0, 0.1) is 0 Å². The summed E-state index contributed by atoms with van der Waals surface area (Å²) in [6, 6.07) is 5.00. The van der Waals surface area contributed by atoms with Crippen molar-refractivity contribution in [1.82, 2.24) is 10.2 Å². The zero-order chi connectivity index (χ0) is 20.9. The lowest BCUT2D eigenvalue weighted by molar-refractivity contribution is -0.896. The van der Waals surface area contributed by atoms with Crippen molar-refractivity contribution in [3.8, 4) is 0 Å². The average Bonchev–Trinajstić information content (AvgIpc) is 2.58. The molecule has 2 N–H and O–H groups in total. The number of carbonyl (C=O) groups excluding carboxylic acids is 2. The average molecular weight is 419 g/mol. The molecule has 0 aliphatic carbocycles. The Labute approximate surface area is 167 Å². The van der Waals surface area contributed by atoms with Crippen molar-refractivity contribution in [3.05, 3.63) is 29.8 Å². The molecule has 1 aliphatic rings. The van der Waals surface area contributed by atoms with E-state index in [-0.39, 0.29) is 23.1 Å². The Bertz CT molecular complexity index is 696. The lowest BCUT2D eigenvalue weighted by Gasteiger charge is -2.32. The van der Waals surface area contributed by atoms with Crippen molar-refractivity contribution in [1.29, 1.82) is 0 Å². The normalized spacial score (nSPS) is 16.1. The van der Waals surface area contributed by atoms with Crippen molar-refractivity contribution >= 4 is 23.6 Å². The standard InChI is InChI=1S/C19H26F3N3O2S/c1-18(2,3)23-16(26)12-24-7-9-25(10-8-24)17(27)13-28-15-6-4-5-14(11-15)19(20,21)22/h4-6,11H,7-10,12-13H2,1-3H3,(H,23,26)/p+1. The number of carbonyl (C=O) groups is 2. The number of rotatable bonds is 5. The van der Waals surface area contributed by atoms with Gasteiger partial charge in [-0.05, 0) is 39.0 Å². The molecule has 156 valence electrons. The van der Waals surface area contributed by atoms with E-state index in [0.29, 0.717) is 37.6 Å². The van der Waals surface area contributed by atoms with Crippen molar-refractivity contribution < 1.29 is 27.7 Å². The molecule has 1 fully saturated rings. The smallest absolute Gasteiger partial charge is 0.347 e. The molecule has 1 heterocycles. The quantitative estimate of drug-likeness (QED) is 0.712. The summed E-state index contributed by atoms with van der Waals surface area (Å²) in [6.45, 7) is 8.60. The van der Waals surface area contributed by atoms with Crippen LogP contribution in [0.3, 0.4) is 0 Å². The van der Waals surface area contributed by atoms with Crippen LogP contribution < -0.4 is 10.2 Å².